The highest BCUT2D eigenvalue weighted by molar-refractivity contribution is 6.01. The lowest BCUT2D eigenvalue weighted by Gasteiger charge is -2.49. The van der Waals surface area contributed by atoms with Gasteiger partial charge in [-0.2, -0.15) is 0 Å². The summed E-state index contributed by atoms with van der Waals surface area (Å²) >= 11 is 0. The number of hydrogen-bond donors (Lipinski definition) is 3. The Balaban J connectivity index is 2.52. The molecule has 0 saturated carbocycles. The lowest BCUT2D eigenvalue weighted by atomic mass is 9.58. The van der Waals surface area contributed by atoms with Gasteiger partial charge >= 0.3 is 11.9 Å². The molecule has 1 aliphatic rings. The highest BCUT2D eigenvalue weighted by Crippen LogP contribution is 2.53. The summed E-state index contributed by atoms with van der Waals surface area (Å²) in [6, 6.07) is 7.59. The van der Waals surface area contributed by atoms with Crippen LogP contribution in [0.4, 0.5) is 0 Å². The molecule has 2 atom stereocenters. The largest absolute Gasteiger partial charge is 0.478 e. The van der Waals surface area contributed by atoms with Gasteiger partial charge in [-0.25, -0.2) is 9.59 Å². The molecule has 0 saturated heterocycles. The molecule has 1 aromatic carbocycles. The number of carbonyl (C=O) groups is 2. The summed E-state index contributed by atoms with van der Waals surface area (Å²) < 4.78 is 12.4. The zero-order valence-corrected chi connectivity index (χ0v) is 32.0. The third-order valence-electron chi connectivity index (χ3n) is 9.89. The lowest BCUT2D eigenvalue weighted by molar-refractivity contribution is -0.135. The minimum atomic E-state index is -1.44. The number of rotatable bonds is 25. The van der Waals surface area contributed by atoms with Crippen molar-refractivity contribution in [2.24, 2.45) is 11.7 Å². The van der Waals surface area contributed by atoms with Gasteiger partial charge in [0, 0.05) is 18.3 Å². The van der Waals surface area contributed by atoms with Gasteiger partial charge in [0.05, 0.1) is 47.7 Å². The number of hydrogen-bond acceptors (Lipinski definition) is 6. The van der Waals surface area contributed by atoms with Crippen molar-refractivity contribution >= 4 is 11.9 Å². The van der Waals surface area contributed by atoms with Gasteiger partial charge in [-0.15, -0.1) is 0 Å². The van der Waals surface area contributed by atoms with E-state index in [9.17, 15) is 19.8 Å². The van der Waals surface area contributed by atoms with Crippen LogP contribution < -0.4 is 5.73 Å². The van der Waals surface area contributed by atoms with E-state index < -0.39 is 23.3 Å². The van der Waals surface area contributed by atoms with Crippen molar-refractivity contribution in [1.82, 2.24) is 4.90 Å². The number of benzene rings is 1. The fourth-order valence-corrected chi connectivity index (χ4v) is 7.91. The van der Waals surface area contributed by atoms with Crippen LogP contribution in [0.1, 0.15) is 144 Å². The third kappa shape index (κ3) is 11.4. The average Bonchev–Trinajstić information content (AvgIpc) is 3.02. The number of carboxylic acids is 2. The molecule has 278 valence electrons. The number of nitrogens with two attached hydrogens (primary N) is 1. The van der Waals surface area contributed by atoms with E-state index >= 15 is 0 Å². The summed E-state index contributed by atoms with van der Waals surface area (Å²) in [5.74, 6) is -2.68. The van der Waals surface area contributed by atoms with Crippen molar-refractivity contribution in [3.63, 3.8) is 0 Å². The Morgan fingerprint density at radius 3 is 1.88 bits per heavy atom. The first-order chi connectivity index (χ1) is 23.4. The summed E-state index contributed by atoms with van der Waals surface area (Å²) in [6.07, 6.45) is 15.4. The Bertz CT molecular complexity index is 1240. The smallest absolute Gasteiger partial charge is 0.334 e. The van der Waals surface area contributed by atoms with Crippen LogP contribution in [0.5, 0.6) is 0 Å². The maximum atomic E-state index is 13.5. The second-order valence-electron chi connectivity index (χ2n) is 14.7. The Labute approximate surface area is 297 Å². The summed E-state index contributed by atoms with van der Waals surface area (Å²) in [7, 11) is 0. The van der Waals surface area contributed by atoms with E-state index in [0.29, 0.717) is 29.9 Å². The lowest BCUT2D eigenvalue weighted by Crippen LogP contribution is -2.51. The average molecular weight is 685 g/mol. The maximum Gasteiger partial charge on any atom is 0.334 e. The molecular formula is C41H68N2O6. The topological polar surface area (TPSA) is 122 Å². The van der Waals surface area contributed by atoms with Gasteiger partial charge in [0.25, 0.3) is 0 Å². The number of nitrogens with zero attached hydrogens (tertiary/aromatic N) is 1. The van der Waals surface area contributed by atoms with E-state index in [-0.39, 0.29) is 42.6 Å². The van der Waals surface area contributed by atoms with E-state index in [4.69, 9.17) is 15.2 Å². The number of aliphatic carboxylic acids is 2. The molecule has 0 amide bonds. The molecule has 8 nitrogen and oxygen atoms in total. The van der Waals surface area contributed by atoms with E-state index in [0.717, 1.165) is 24.8 Å². The first-order valence-corrected chi connectivity index (χ1v) is 19.1. The molecule has 0 bridgehead atoms. The minimum Gasteiger partial charge on any atom is -0.478 e. The van der Waals surface area contributed by atoms with Crippen LogP contribution >= 0.6 is 0 Å². The number of unbranched alkanes of at least 4 members (excludes halogenated alkanes) is 10. The van der Waals surface area contributed by atoms with Crippen LogP contribution in [-0.4, -0.2) is 65.1 Å². The summed E-state index contributed by atoms with van der Waals surface area (Å²) in [5, 5.41) is 22.0. The fraction of sp³-hybridized carbons (Fsp3) is 0.707. The van der Waals surface area contributed by atoms with E-state index in [2.05, 4.69) is 6.92 Å². The highest BCUT2D eigenvalue weighted by Gasteiger charge is 2.55. The van der Waals surface area contributed by atoms with Gasteiger partial charge in [0.15, 0.2) is 0 Å². The number of ether oxygens (including phenoxy) is 2. The Kier molecular flexibility index (Phi) is 18.7. The van der Waals surface area contributed by atoms with Crippen LogP contribution in [0.15, 0.2) is 46.8 Å². The Hall–Kier alpha value is -2.68. The SMILES string of the molecule is CCCCCCCCCCCCCC(Cc1ccccc1C1(C(C)C)C(C(=O)O)=C(C)N(C(C)C)C(COCCN)=C1C(=O)O)OC(C)C. The summed E-state index contributed by atoms with van der Waals surface area (Å²) in [6.45, 7) is 16.4. The van der Waals surface area contributed by atoms with Crippen molar-refractivity contribution in [3.8, 4) is 0 Å². The molecule has 1 aromatic rings. The predicted octanol–water partition coefficient (Wildman–Crippen LogP) is 9.01. The minimum absolute atomic E-state index is 0.00975. The molecule has 1 heterocycles. The molecular weight excluding hydrogens is 616 g/mol. The van der Waals surface area contributed by atoms with Crippen LogP contribution in [0, 0.1) is 5.92 Å². The van der Waals surface area contributed by atoms with Gasteiger partial charge in [-0.3, -0.25) is 0 Å². The molecule has 2 unspecified atom stereocenters. The van der Waals surface area contributed by atoms with Crippen molar-refractivity contribution in [2.45, 2.75) is 163 Å². The van der Waals surface area contributed by atoms with E-state index in [1.807, 2.05) is 70.7 Å². The van der Waals surface area contributed by atoms with E-state index in [1.165, 1.54) is 57.8 Å². The van der Waals surface area contributed by atoms with Crippen molar-refractivity contribution in [3.05, 3.63) is 57.9 Å². The molecule has 0 fully saturated rings. The van der Waals surface area contributed by atoms with Crippen LogP contribution in [0.2, 0.25) is 0 Å². The van der Waals surface area contributed by atoms with Gasteiger partial charge in [0.1, 0.15) is 0 Å². The summed E-state index contributed by atoms with van der Waals surface area (Å²) in [5.41, 5.74) is 7.05. The second-order valence-corrected chi connectivity index (χ2v) is 14.7. The number of carboxylic acid groups (broad SMARTS) is 2. The quantitative estimate of drug-likeness (QED) is 0.0873. The van der Waals surface area contributed by atoms with Gasteiger partial charge in [-0.05, 0) is 64.5 Å². The normalized spacial score (nSPS) is 17.6. The molecule has 0 spiro atoms. The van der Waals surface area contributed by atoms with Gasteiger partial charge < -0.3 is 30.3 Å². The van der Waals surface area contributed by atoms with Crippen molar-refractivity contribution < 1.29 is 29.3 Å². The van der Waals surface area contributed by atoms with Crippen molar-refractivity contribution in [1.29, 1.82) is 0 Å². The molecule has 1 aliphatic heterocycles. The zero-order chi connectivity index (χ0) is 36.6. The van der Waals surface area contributed by atoms with Crippen molar-refractivity contribution in [2.75, 3.05) is 19.8 Å². The third-order valence-corrected chi connectivity index (χ3v) is 9.89. The molecule has 8 heteroatoms. The molecule has 49 heavy (non-hydrogen) atoms. The fourth-order valence-electron chi connectivity index (χ4n) is 7.91. The second kappa shape index (κ2) is 21.5. The summed E-state index contributed by atoms with van der Waals surface area (Å²) in [4.78, 5) is 28.8. The first kappa shape index (κ1) is 42.5. The molecule has 2 rings (SSSR count). The maximum absolute atomic E-state index is 13.5. The van der Waals surface area contributed by atoms with E-state index in [1.54, 1.807) is 6.92 Å². The standard InChI is InChI=1S/C41H68N2O6/c1-9-10-11-12-13-14-15-16-17-18-19-23-34(49-31(6)7)27-33-22-20-21-24-35(33)41(29(2)3)37(39(44)45)32(8)43(30(4)5)36(28-48-26-25-42)38(41)40(46)47/h20-22,24,29-31,34H,9-19,23,25-28,42H2,1-8H3,(H,44,45)(H,46,47). The molecule has 0 aromatic heterocycles. The highest BCUT2D eigenvalue weighted by atomic mass is 16.5. The monoisotopic (exact) mass is 685 g/mol. The number of allylic oxidation sites excluding steroid dienone is 1. The van der Waals surface area contributed by atoms with Crippen LogP contribution in [-0.2, 0) is 30.9 Å². The van der Waals surface area contributed by atoms with Crippen LogP contribution in [0.25, 0.3) is 0 Å². The molecule has 0 radical (unpaired) electrons. The zero-order valence-electron chi connectivity index (χ0n) is 32.0. The first-order valence-electron chi connectivity index (χ1n) is 19.1. The Morgan fingerprint density at radius 2 is 1.39 bits per heavy atom. The van der Waals surface area contributed by atoms with Gasteiger partial charge in [0.2, 0.25) is 0 Å². The molecule has 0 aliphatic carbocycles. The Morgan fingerprint density at radius 1 is 0.837 bits per heavy atom. The van der Waals surface area contributed by atoms with Crippen LogP contribution in [0.3, 0.4) is 0 Å². The predicted molar refractivity (Wildman–Crippen MR) is 200 cm³/mol. The molecule has 4 N–H and O–H groups in total. The van der Waals surface area contributed by atoms with Gasteiger partial charge in [-0.1, -0.05) is 116 Å².